The lowest BCUT2D eigenvalue weighted by atomic mass is 10.1. The topological polar surface area (TPSA) is 64.9 Å². The van der Waals surface area contributed by atoms with Gasteiger partial charge in [-0.05, 0) is 90.4 Å². The minimum absolute atomic E-state index is 0.0196. The zero-order chi connectivity index (χ0) is 17.7. The van der Waals surface area contributed by atoms with Crippen molar-refractivity contribution in [1.82, 2.24) is 0 Å². The summed E-state index contributed by atoms with van der Waals surface area (Å²) >= 11 is 2.21. The Bertz CT molecular complexity index is 850. The molecular formula is C19H18IN3O. The molecule has 0 unspecified atom stereocenters. The summed E-state index contributed by atoms with van der Waals surface area (Å²) in [5.41, 5.74) is 4.85. The van der Waals surface area contributed by atoms with Crippen LogP contribution in [0.15, 0.2) is 48.2 Å². The quantitative estimate of drug-likeness (QED) is 0.420. The molecule has 0 atom stereocenters. The van der Waals surface area contributed by atoms with Gasteiger partial charge >= 0.3 is 0 Å². The van der Waals surface area contributed by atoms with Crippen LogP contribution in [-0.2, 0) is 4.79 Å². The van der Waals surface area contributed by atoms with Crippen LogP contribution in [0.1, 0.15) is 16.7 Å². The predicted octanol–water partition coefficient (Wildman–Crippen LogP) is 4.67. The normalized spacial score (nSPS) is 10.9. The van der Waals surface area contributed by atoms with Gasteiger partial charge in [0, 0.05) is 21.1 Å². The fraction of sp³-hybridized carbons (Fsp3) is 0.158. The van der Waals surface area contributed by atoms with E-state index in [2.05, 4.69) is 33.2 Å². The Morgan fingerprint density at radius 2 is 1.83 bits per heavy atom. The van der Waals surface area contributed by atoms with Crippen LogP contribution in [0.4, 0.5) is 11.4 Å². The first-order valence-electron chi connectivity index (χ1n) is 7.42. The summed E-state index contributed by atoms with van der Waals surface area (Å²) in [7, 11) is 0. The lowest BCUT2D eigenvalue weighted by molar-refractivity contribution is -0.112. The number of amides is 1. The minimum Gasteiger partial charge on any atom is -0.360 e. The van der Waals surface area contributed by atoms with Crippen molar-refractivity contribution in [2.75, 3.05) is 10.6 Å². The second kappa shape index (κ2) is 7.97. The number of nitrogens with zero attached hydrogens (tertiary/aromatic N) is 1. The fourth-order valence-corrected chi connectivity index (χ4v) is 2.74. The maximum Gasteiger partial charge on any atom is 0.267 e. The Morgan fingerprint density at radius 1 is 1.08 bits per heavy atom. The molecule has 2 rings (SSSR count). The van der Waals surface area contributed by atoms with Crippen LogP contribution in [0.5, 0.6) is 0 Å². The highest BCUT2D eigenvalue weighted by molar-refractivity contribution is 14.1. The molecule has 0 aliphatic carbocycles. The molecule has 5 heteroatoms. The molecule has 24 heavy (non-hydrogen) atoms. The number of nitrogens with one attached hydrogen (secondary N) is 2. The van der Waals surface area contributed by atoms with E-state index in [1.54, 1.807) is 0 Å². The summed E-state index contributed by atoms with van der Waals surface area (Å²) in [4.78, 5) is 12.3. The van der Waals surface area contributed by atoms with Crippen molar-refractivity contribution in [3.05, 3.63) is 68.4 Å². The summed E-state index contributed by atoms with van der Waals surface area (Å²) in [5.74, 6) is -0.432. The molecule has 122 valence electrons. The van der Waals surface area contributed by atoms with Crippen molar-refractivity contribution in [2.24, 2.45) is 0 Å². The Kier molecular flexibility index (Phi) is 5.99. The predicted molar refractivity (Wildman–Crippen MR) is 106 cm³/mol. The van der Waals surface area contributed by atoms with E-state index in [0.717, 1.165) is 20.4 Å². The van der Waals surface area contributed by atoms with Gasteiger partial charge in [0.15, 0.2) is 0 Å². The van der Waals surface area contributed by atoms with Crippen molar-refractivity contribution in [3.8, 4) is 6.07 Å². The second-order valence-corrected chi connectivity index (χ2v) is 6.77. The van der Waals surface area contributed by atoms with Crippen LogP contribution in [0, 0.1) is 35.7 Å². The third-order valence-corrected chi connectivity index (χ3v) is 4.36. The highest BCUT2D eigenvalue weighted by Gasteiger charge is 2.10. The van der Waals surface area contributed by atoms with Crippen molar-refractivity contribution in [2.45, 2.75) is 20.8 Å². The Labute approximate surface area is 155 Å². The SMILES string of the molecule is Cc1ccc(N/C=C(/C#N)C(=O)Nc2ccc(I)cc2C)cc1C. The van der Waals surface area contributed by atoms with E-state index < -0.39 is 5.91 Å². The van der Waals surface area contributed by atoms with Gasteiger partial charge in [-0.25, -0.2) is 0 Å². The monoisotopic (exact) mass is 431 g/mol. The molecule has 0 saturated carbocycles. The zero-order valence-electron chi connectivity index (χ0n) is 13.8. The van der Waals surface area contributed by atoms with Crippen molar-refractivity contribution >= 4 is 39.9 Å². The van der Waals surface area contributed by atoms with Gasteiger partial charge in [-0.3, -0.25) is 4.79 Å². The van der Waals surface area contributed by atoms with Gasteiger partial charge in [-0.1, -0.05) is 6.07 Å². The van der Waals surface area contributed by atoms with E-state index in [1.165, 1.54) is 11.8 Å². The Balaban J connectivity index is 2.13. The summed E-state index contributed by atoms with van der Waals surface area (Å²) in [5, 5.41) is 15.0. The van der Waals surface area contributed by atoms with Gasteiger partial charge in [0.25, 0.3) is 5.91 Å². The number of anilines is 2. The van der Waals surface area contributed by atoms with Crippen LogP contribution in [-0.4, -0.2) is 5.91 Å². The van der Waals surface area contributed by atoms with E-state index in [-0.39, 0.29) is 5.57 Å². The van der Waals surface area contributed by atoms with Gasteiger partial charge in [-0.2, -0.15) is 5.26 Å². The number of halogens is 1. The number of nitriles is 1. The maximum absolute atomic E-state index is 12.3. The van der Waals surface area contributed by atoms with Gasteiger partial charge in [-0.15, -0.1) is 0 Å². The first-order chi connectivity index (χ1) is 11.4. The number of hydrogen-bond acceptors (Lipinski definition) is 3. The average Bonchev–Trinajstić information content (AvgIpc) is 2.54. The molecule has 2 aromatic carbocycles. The van der Waals surface area contributed by atoms with Crippen LogP contribution >= 0.6 is 22.6 Å². The molecule has 0 saturated heterocycles. The Morgan fingerprint density at radius 3 is 2.46 bits per heavy atom. The van der Waals surface area contributed by atoms with Crippen LogP contribution < -0.4 is 10.6 Å². The van der Waals surface area contributed by atoms with Gasteiger partial charge < -0.3 is 10.6 Å². The zero-order valence-corrected chi connectivity index (χ0v) is 15.9. The first-order valence-corrected chi connectivity index (χ1v) is 8.50. The van der Waals surface area contributed by atoms with Crippen LogP contribution in [0.2, 0.25) is 0 Å². The van der Waals surface area contributed by atoms with Gasteiger partial charge in [0.05, 0.1) is 0 Å². The summed E-state index contributed by atoms with van der Waals surface area (Å²) in [6, 6.07) is 13.5. The number of carbonyl (C=O) groups excluding carboxylic acids is 1. The third kappa shape index (κ3) is 4.59. The molecule has 4 nitrogen and oxygen atoms in total. The van der Waals surface area contributed by atoms with Crippen LogP contribution in [0.25, 0.3) is 0 Å². The van der Waals surface area contributed by atoms with Gasteiger partial charge in [0.2, 0.25) is 0 Å². The smallest absolute Gasteiger partial charge is 0.267 e. The highest BCUT2D eigenvalue weighted by atomic mass is 127. The van der Waals surface area contributed by atoms with Crippen molar-refractivity contribution in [1.29, 1.82) is 5.26 Å². The molecule has 0 aliphatic rings. The summed E-state index contributed by atoms with van der Waals surface area (Å²) < 4.78 is 1.09. The molecule has 0 radical (unpaired) electrons. The molecule has 0 heterocycles. The van der Waals surface area contributed by atoms with Crippen LogP contribution in [0.3, 0.4) is 0 Å². The molecule has 0 aliphatic heterocycles. The molecule has 0 fully saturated rings. The second-order valence-electron chi connectivity index (χ2n) is 5.53. The first kappa shape index (κ1) is 18.0. The average molecular weight is 431 g/mol. The molecule has 2 aromatic rings. The largest absolute Gasteiger partial charge is 0.360 e. The maximum atomic E-state index is 12.3. The minimum atomic E-state index is -0.432. The lowest BCUT2D eigenvalue weighted by Crippen LogP contribution is -2.15. The van der Waals surface area contributed by atoms with E-state index in [9.17, 15) is 10.1 Å². The van der Waals surface area contributed by atoms with Gasteiger partial charge in [0.1, 0.15) is 11.6 Å². The molecule has 0 spiro atoms. The van der Waals surface area contributed by atoms with E-state index in [0.29, 0.717) is 5.69 Å². The molecule has 1 amide bonds. The molecule has 0 bridgehead atoms. The van der Waals surface area contributed by atoms with E-state index in [4.69, 9.17) is 0 Å². The summed E-state index contributed by atoms with van der Waals surface area (Å²) in [6.45, 7) is 5.97. The fourth-order valence-electron chi connectivity index (χ4n) is 2.09. The number of benzene rings is 2. The van der Waals surface area contributed by atoms with E-state index in [1.807, 2.05) is 63.2 Å². The van der Waals surface area contributed by atoms with Crippen molar-refractivity contribution < 1.29 is 4.79 Å². The summed E-state index contributed by atoms with van der Waals surface area (Å²) in [6.07, 6.45) is 1.43. The number of rotatable bonds is 4. The molecular weight excluding hydrogens is 413 g/mol. The van der Waals surface area contributed by atoms with Crippen molar-refractivity contribution in [3.63, 3.8) is 0 Å². The highest BCUT2D eigenvalue weighted by Crippen LogP contribution is 2.19. The van der Waals surface area contributed by atoms with E-state index >= 15 is 0 Å². The standard InChI is InChI=1S/C19H18IN3O/c1-12-4-6-17(9-13(12)2)22-11-15(10-21)19(24)23-18-7-5-16(20)8-14(18)3/h4-9,11,22H,1-3H3,(H,23,24)/b15-11-. The molecule has 2 N–H and O–H groups in total. The molecule has 0 aromatic heterocycles. The third-order valence-electron chi connectivity index (χ3n) is 3.69. The Hall–Kier alpha value is -2.33. The lowest BCUT2D eigenvalue weighted by Gasteiger charge is -2.09. The number of aryl methyl sites for hydroxylation is 3. The number of hydrogen-bond donors (Lipinski definition) is 2. The number of carbonyl (C=O) groups is 1.